The molecule has 0 aliphatic carbocycles. The van der Waals surface area contributed by atoms with Crippen molar-refractivity contribution < 1.29 is 4.74 Å². The van der Waals surface area contributed by atoms with Crippen LogP contribution >= 0.6 is 11.6 Å². The van der Waals surface area contributed by atoms with Crippen molar-refractivity contribution in [3.8, 4) is 5.75 Å². The Bertz CT molecular complexity index is 582. The van der Waals surface area contributed by atoms with Crippen LogP contribution in [0.15, 0.2) is 42.5 Å². The summed E-state index contributed by atoms with van der Waals surface area (Å²) >= 11 is 6.03. The van der Waals surface area contributed by atoms with Crippen LogP contribution in [0.2, 0.25) is 5.02 Å². The lowest BCUT2D eigenvalue weighted by Gasteiger charge is -2.11. The van der Waals surface area contributed by atoms with Crippen molar-refractivity contribution in [3.05, 3.63) is 58.6 Å². The van der Waals surface area contributed by atoms with Gasteiger partial charge >= 0.3 is 0 Å². The number of methoxy groups -OCH3 is 1. The molecule has 2 aromatic rings. The second kappa shape index (κ2) is 4.54. The molecule has 92 valence electrons. The van der Waals surface area contributed by atoms with Gasteiger partial charge in [-0.05, 0) is 47.9 Å². The average molecular weight is 260 g/mol. The molecule has 0 radical (unpaired) electrons. The van der Waals surface area contributed by atoms with Gasteiger partial charge in [0.1, 0.15) is 5.75 Å². The summed E-state index contributed by atoms with van der Waals surface area (Å²) in [6, 6.07) is 14.4. The molecule has 0 saturated carbocycles. The fourth-order valence-electron chi connectivity index (χ4n) is 2.39. The van der Waals surface area contributed by atoms with Crippen LogP contribution in [0.3, 0.4) is 0 Å². The van der Waals surface area contributed by atoms with Crippen LogP contribution in [0.25, 0.3) is 0 Å². The molecule has 1 heterocycles. The standard InChI is InChI=1S/C15H14ClNO/c1-18-13-5-6-14-11(8-13)9-15(17-14)10-3-2-4-12(16)7-10/h2-8,15,17H,9H2,1H3. The van der Waals surface area contributed by atoms with E-state index < -0.39 is 0 Å². The zero-order valence-electron chi connectivity index (χ0n) is 10.1. The maximum Gasteiger partial charge on any atom is 0.119 e. The monoisotopic (exact) mass is 259 g/mol. The van der Waals surface area contributed by atoms with Gasteiger partial charge in [0.25, 0.3) is 0 Å². The molecule has 1 aliphatic heterocycles. The third-order valence-corrected chi connectivity index (χ3v) is 3.55. The number of ether oxygens (including phenoxy) is 1. The summed E-state index contributed by atoms with van der Waals surface area (Å²) in [7, 11) is 1.69. The number of benzene rings is 2. The van der Waals surface area contributed by atoms with Gasteiger partial charge in [0, 0.05) is 10.7 Å². The van der Waals surface area contributed by atoms with Crippen LogP contribution in [0, 0.1) is 0 Å². The van der Waals surface area contributed by atoms with Crippen molar-refractivity contribution in [2.45, 2.75) is 12.5 Å². The van der Waals surface area contributed by atoms with Gasteiger partial charge in [-0.2, -0.15) is 0 Å². The molecule has 1 aliphatic rings. The summed E-state index contributed by atoms with van der Waals surface area (Å²) in [4.78, 5) is 0. The Kier molecular flexibility index (Phi) is 2.88. The first-order valence-electron chi connectivity index (χ1n) is 5.95. The summed E-state index contributed by atoms with van der Waals surface area (Å²) in [5.41, 5.74) is 3.69. The minimum atomic E-state index is 0.297. The molecule has 2 aromatic carbocycles. The van der Waals surface area contributed by atoms with Crippen LogP contribution < -0.4 is 10.1 Å². The third-order valence-electron chi connectivity index (χ3n) is 3.32. The molecule has 2 nitrogen and oxygen atoms in total. The van der Waals surface area contributed by atoms with Gasteiger partial charge in [0.05, 0.1) is 13.2 Å². The number of hydrogen-bond donors (Lipinski definition) is 1. The molecule has 1 unspecified atom stereocenters. The molecule has 3 rings (SSSR count). The highest BCUT2D eigenvalue weighted by molar-refractivity contribution is 6.30. The maximum absolute atomic E-state index is 6.03. The van der Waals surface area contributed by atoms with Gasteiger partial charge in [0.15, 0.2) is 0 Å². The molecule has 1 N–H and O–H groups in total. The first-order chi connectivity index (χ1) is 8.76. The first kappa shape index (κ1) is 11.4. The van der Waals surface area contributed by atoms with E-state index in [4.69, 9.17) is 16.3 Å². The molecule has 0 aromatic heterocycles. The topological polar surface area (TPSA) is 21.3 Å². The predicted octanol–water partition coefficient (Wildman–Crippen LogP) is 4.06. The number of hydrogen-bond acceptors (Lipinski definition) is 2. The highest BCUT2D eigenvalue weighted by Crippen LogP contribution is 2.36. The van der Waals surface area contributed by atoms with E-state index in [2.05, 4.69) is 23.5 Å². The van der Waals surface area contributed by atoms with E-state index in [1.807, 2.05) is 24.3 Å². The van der Waals surface area contributed by atoms with Crippen LogP contribution in [0.5, 0.6) is 5.75 Å². The smallest absolute Gasteiger partial charge is 0.119 e. The van der Waals surface area contributed by atoms with E-state index in [-0.39, 0.29) is 0 Å². The van der Waals surface area contributed by atoms with Crippen molar-refractivity contribution in [3.63, 3.8) is 0 Å². The van der Waals surface area contributed by atoms with Crippen molar-refractivity contribution >= 4 is 17.3 Å². The van der Waals surface area contributed by atoms with Gasteiger partial charge < -0.3 is 10.1 Å². The lowest BCUT2D eigenvalue weighted by atomic mass is 10.0. The molecule has 0 spiro atoms. The van der Waals surface area contributed by atoms with Crippen molar-refractivity contribution in [1.29, 1.82) is 0 Å². The van der Waals surface area contributed by atoms with E-state index in [9.17, 15) is 0 Å². The quantitative estimate of drug-likeness (QED) is 0.878. The fraction of sp³-hybridized carbons (Fsp3) is 0.200. The predicted molar refractivity (Wildman–Crippen MR) is 74.5 cm³/mol. The molecule has 0 amide bonds. The summed E-state index contributed by atoms with van der Waals surface area (Å²) < 4.78 is 5.25. The Labute approximate surface area is 112 Å². The Balaban J connectivity index is 1.88. The van der Waals surface area contributed by atoms with Crippen molar-refractivity contribution in [2.75, 3.05) is 12.4 Å². The van der Waals surface area contributed by atoms with Crippen LogP contribution in [0.1, 0.15) is 17.2 Å². The molecular formula is C15H14ClNO. The normalized spacial score (nSPS) is 17.1. The lowest BCUT2D eigenvalue weighted by Crippen LogP contribution is -2.05. The average Bonchev–Trinajstić information content (AvgIpc) is 2.81. The molecule has 18 heavy (non-hydrogen) atoms. The number of fused-ring (bicyclic) bond motifs is 1. The summed E-state index contributed by atoms with van der Waals surface area (Å²) in [5, 5.41) is 4.30. The van der Waals surface area contributed by atoms with Crippen LogP contribution in [-0.2, 0) is 6.42 Å². The maximum atomic E-state index is 6.03. The zero-order chi connectivity index (χ0) is 12.5. The van der Waals surface area contributed by atoms with E-state index in [1.165, 1.54) is 16.8 Å². The summed E-state index contributed by atoms with van der Waals surface area (Å²) in [6.07, 6.45) is 0.965. The third kappa shape index (κ3) is 2.04. The number of rotatable bonds is 2. The second-order valence-electron chi connectivity index (χ2n) is 4.48. The van der Waals surface area contributed by atoms with Gasteiger partial charge in [-0.15, -0.1) is 0 Å². The largest absolute Gasteiger partial charge is 0.497 e. The van der Waals surface area contributed by atoms with Crippen LogP contribution in [-0.4, -0.2) is 7.11 Å². The van der Waals surface area contributed by atoms with Gasteiger partial charge in [0.2, 0.25) is 0 Å². The highest BCUT2D eigenvalue weighted by atomic mass is 35.5. The highest BCUT2D eigenvalue weighted by Gasteiger charge is 2.22. The molecule has 0 bridgehead atoms. The van der Waals surface area contributed by atoms with Gasteiger partial charge in [-0.25, -0.2) is 0 Å². The van der Waals surface area contributed by atoms with Gasteiger partial charge in [-0.3, -0.25) is 0 Å². The molecule has 1 atom stereocenters. The van der Waals surface area contributed by atoms with Gasteiger partial charge in [-0.1, -0.05) is 23.7 Å². The Hall–Kier alpha value is -1.67. The minimum absolute atomic E-state index is 0.297. The van der Waals surface area contributed by atoms with Crippen LogP contribution in [0.4, 0.5) is 5.69 Å². The lowest BCUT2D eigenvalue weighted by molar-refractivity contribution is 0.414. The zero-order valence-corrected chi connectivity index (χ0v) is 10.9. The summed E-state index contributed by atoms with van der Waals surface area (Å²) in [6.45, 7) is 0. The Morgan fingerprint density at radius 2 is 2.11 bits per heavy atom. The SMILES string of the molecule is COc1ccc2c(c1)CC(c1cccc(Cl)c1)N2. The first-order valence-corrected chi connectivity index (χ1v) is 6.33. The fourth-order valence-corrected chi connectivity index (χ4v) is 2.59. The molecule has 0 fully saturated rings. The van der Waals surface area contributed by atoms with E-state index in [0.717, 1.165) is 17.2 Å². The number of nitrogens with one attached hydrogen (secondary N) is 1. The van der Waals surface area contributed by atoms with Crippen molar-refractivity contribution in [2.24, 2.45) is 0 Å². The number of halogens is 1. The van der Waals surface area contributed by atoms with E-state index in [1.54, 1.807) is 7.11 Å². The number of anilines is 1. The summed E-state index contributed by atoms with van der Waals surface area (Å²) in [5.74, 6) is 0.905. The molecule has 3 heteroatoms. The second-order valence-corrected chi connectivity index (χ2v) is 4.92. The minimum Gasteiger partial charge on any atom is -0.497 e. The Morgan fingerprint density at radius 3 is 2.89 bits per heavy atom. The van der Waals surface area contributed by atoms with E-state index in [0.29, 0.717) is 6.04 Å². The molecular weight excluding hydrogens is 246 g/mol. The molecule has 0 saturated heterocycles. The van der Waals surface area contributed by atoms with E-state index >= 15 is 0 Å². The Morgan fingerprint density at radius 1 is 1.22 bits per heavy atom. The van der Waals surface area contributed by atoms with Crippen molar-refractivity contribution in [1.82, 2.24) is 0 Å².